The molecule has 17 heavy (non-hydrogen) atoms. The molecule has 1 aromatic rings. The number of nitrogens with two attached hydrogens (primary N) is 1. The Morgan fingerprint density at radius 1 is 1.41 bits per heavy atom. The summed E-state index contributed by atoms with van der Waals surface area (Å²) in [5, 5.41) is 1.66. The van der Waals surface area contributed by atoms with E-state index in [1.807, 2.05) is 30.3 Å². The van der Waals surface area contributed by atoms with E-state index in [1.165, 1.54) is 0 Å². The van der Waals surface area contributed by atoms with Crippen molar-refractivity contribution >= 4 is 18.4 Å². The first-order valence-electron chi connectivity index (χ1n) is 5.46. The summed E-state index contributed by atoms with van der Waals surface area (Å²) >= 11 is 0. The topological polar surface area (TPSA) is 55.6 Å². The number of benzene rings is 1. The first-order chi connectivity index (χ1) is 7.75. The van der Waals surface area contributed by atoms with Crippen LogP contribution >= 0.6 is 12.4 Å². The van der Waals surface area contributed by atoms with Gasteiger partial charge in [-0.2, -0.15) is 0 Å². The largest absolute Gasteiger partial charge is 0.461 e. The molecule has 94 valence electrons. The second-order valence-electron chi connectivity index (χ2n) is 4.07. The molecule has 0 amide bonds. The lowest BCUT2D eigenvalue weighted by Gasteiger charge is -2.10. The predicted octanol–water partition coefficient (Wildman–Crippen LogP) is 1.35. The molecular weight excluding hydrogens is 240 g/mol. The van der Waals surface area contributed by atoms with Gasteiger partial charge in [0.25, 0.3) is 0 Å². The molecule has 0 aromatic heterocycles. The summed E-state index contributed by atoms with van der Waals surface area (Å²) in [6.07, 6.45) is 0.796. The van der Waals surface area contributed by atoms with Gasteiger partial charge in [0, 0.05) is 13.1 Å². The van der Waals surface area contributed by atoms with Crippen LogP contribution in [-0.2, 0) is 16.1 Å². The Morgan fingerprint density at radius 2 is 2.12 bits per heavy atom. The number of hydrogen-bond acceptors (Lipinski definition) is 4. The van der Waals surface area contributed by atoms with Crippen molar-refractivity contribution in [2.24, 2.45) is 11.8 Å². The molecule has 5 heteroatoms. The lowest BCUT2D eigenvalue weighted by molar-refractivity contribution is -0.149. The molecule has 1 fully saturated rings. The number of carbonyl (C=O) groups excluding carboxylic acids is 1. The molecule has 0 unspecified atom stereocenters. The van der Waals surface area contributed by atoms with E-state index in [-0.39, 0.29) is 24.3 Å². The number of esters is 1. The van der Waals surface area contributed by atoms with Crippen molar-refractivity contribution in [3.05, 3.63) is 35.9 Å². The number of hydrazine groups is 1. The lowest BCUT2D eigenvalue weighted by Crippen LogP contribution is -2.29. The Labute approximate surface area is 107 Å². The highest BCUT2D eigenvalue weighted by Crippen LogP contribution is 2.15. The molecule has 0 aliphatic carbocycles. The van der Waals surface area contributed by atoms with Crippen LogP contribution < -0.4 is 5.84 Å². The van der Waals surface area contributed by atoms with E-state index in [4.69, 9.17) is 10.6 Å². The Kier molecular flexibility index (Phi) is 5.41. The highest BCUT2D eigenvalue weighted by molar-refractivity contribution is 5.85. The summed E-state index contributed by atoms with van der Waals surface area (Å²) in [5.41, 5.74) is 1.01. The van der Waals surface area contributed by atoms with Gasteiger partial charge in [-0.3, -0.25) is 10.6 Å². The van der Waals surface area contributed by atoms with Crippen LogP contribution in [0.3, 0.4) is 0 Å². The van der Waals surface area contributed by atoms with Crippen LogP contribution in [0.25, 0.3) is 0 Å². The van der Waals surface area contributed by atoms with E-state index < -0.39 is 0 Å². The molecule has 1 atom stereocenters. The Balaban J connectivity index is 0.00000144. The van der Waals surface area contributed by atoms with Gasteiger partial charge in [0.1, 0.15) is 6.61 Å². The Morgan fingerprint density at radius 3 is 2.71 bits per heavy atom. The van der Waals surface area contributed by atoms with Crippen LogP contribution in [0.1, 0.15) is 12.0 Å². The molecule has 1 aliphatic rings. The number of ether oxygens (including phenoxy) is 1. The van der Waals surface area contributed by atoms with Gasteiger partial charge < -0.3 is 4.74 Å². The van der Waals surface area contributed by atoms with Gasteiger partial charge in [-0.05, 0) is 12.0 Å². The normalized spacial score (nSPS) is 19.7. The minimum Gasteiger partial charge on any atom is -0.461 e. The SMILES string of the molecule is Cl.NN1CC[C@@H](C(=O)OCc2ccccc2)C1. The third-order valence-corrected chi connectivity index (χ3v) is 2.78. The minimum absolute atomic E-state index is 0. The standard InChI is InChI=1S/C12H16N2O2.ClH/c13-14-7-6-11(8-14)12(15)16-9-10-4-2-1-3-5-10;/h1-5,11H,6-9,13H2;1H/t11-;/m1./s1. The summed E-state index contributed by atoms with van der Waals surface area (Å²) in [7, 11) is 0. The Bertz CT molecular complexity index is 359. The number of carbonyl (C=O) groups is 1. The molecule has 0 saturated carbocycles. The number of rotatable bonds is 3. The maximum Gasteiger partial charge on any atom is 0.310 e. The van der Waals surface area contributed by atoms with Gasteiger partial charge in [-0.1, -0.05) is 30.3 Å². The number of halogens is 1. The summed E-state index contributed by atoms with van der Waals surface area (Å²) < 4.78 is 5.24. The van der Waals surface area contributed by atoms with Crippen molar-refractivity contribution in [3.8, 4) is 0 Å². The molecule has 0 bridgehead atoms. The Hall–Kier alpha value is -1.10. The molecule has 0 spiro atoms. The maximum atomic E-state index is 11.7. The van der Waals surface area contributed by atoms with Gasteiger partial charge in [0.2, 0.25) is 0 Å². The summed E-state index contributed by atoms with van der Waals surface area (Å²) in [5.74, 6) is 5.39. The van der Waals surface area contributed by atoms with Crippen molar-refractivity contribution in [1.82, 2.24) is 5.01 Å². The quantitative estimate of drug-likeness (QED) is 0.655. The zero-order valence-corrected chi connectivity index (χ0v) is 10.4. The van der Waals surface area contributed by atoms with E-state index in [1.54, 1.807) is 5.01 Å². The molecule has 0 radical (unpaired) electrons. The van der Waals surface area contributed by atoms with Gasteiger partial charge in [-0.25, -0.2) is 5.01 Å². The lowest BCUT2D eigenvalue weighted by atomic mass is 10.1. The molecule has 1 heterocycles. The van der Waals surface area contributed by atoms with Crippen LogP contribution in [0.15, 0.2) is 30.3 Å². The molecule has 2 N–H and O–H groups in total. The van der Waals surface area contributed by atoms with Crippen molar-refractivity contribution in [3.63, 3.8) is 0 Å². The summed E-state index contributed by atoms with van der Waals surface area (Å²) in [6, 6.07) is 9.68. The number of hydrogen-bond donors (Lipinski definition) is 1. The molecular formula is C12H17ClN2O2. The van der Waals surface area contributed by atoms with E-state index in [2.05, 4.69) is 0 Å². The van der Waals surface area contributed by atoms with Gasteiger partial charge in [0.05, 0.1) is 5.92 Å². The second-order valence-corrected chi connectivity index (χ2v) is 4.07. The predicted molar refractivity (Wildman–Crippen MR) is 67.4 cm³/mol. The summed E-state index contributed by atoms with van der Waals surface area (Å²) in [4.78, 5) is 11.7. The zero-order chi connectivity index (χ0) is 11.4. The van der Waals surface area contributed by atoms with Gasteiger partial charge >= 0.3 is 5.97 Å². The van der Waals surface area contributed by atoms with Crippen LogP contribution in [-0.4, -0.2) is 24.1 Å². The van der Waals surface area contributed by atoms with Crippen molar-refractivity contribution in [2.75, 3.05) is 13.1 Å². The smallest absolute Gasteiger partial charge is 0.310 e. The summed E-state index contributed by atoms with van der Waals surface area (Å²) in [6.45, 7) is 1.72. The fourth-order valence-electron chi connectivity index (χ4n) is 1.83. The third kappa shape index (κ3) is 4.00. The molecule has 2 rings (SSSR count). The molecule has 1 aromatic carbocycles. The van der Waals surface area contributed by atoms with Crippen LogP contribution in [0, 0.1) is 5.92 Å². The average molecular weight is 257 g/mol. The first kappa shape index (κ1) is 14.0. The highest BCUT2D eigenvalue weighted by atomic mass is 35.5. The van der Waals surface area contributed by atoms with Crippen molar-refractivity contribution in [2.45, 2.75) is 13.0 Å². The average Bonchev–Trinajstić information content (AvgIpc) is 2.74. The van der Waals surface area contributed by atoms with Crippen LogP contribution in [0.2, 0.25) is 0 Å². The third-order valence-electron chi connectivity index (χ3n) is 2.78. The fraction of sp³-hybridized carbons (Fsp3) is 0.417. The van der Waals surface area contributed by atoms with Crippen LogP contribution in [0.5, 0.6) is 0 Å². The molecule has 4 nitrogen and oxygen atoms in total. The second kappa shape index (κ2) is 6.59. The monoisotopic (exact) mass is 256 g/mol. The zero-order valence-electron chi connectivity index (χ0n) is 9.54. The maximum absolute atomic E-state index is 11.7. The number of nitrogens with zero attached hydrogens (tertiary/aromatic N) is 1. The van der Waals surface area contributed by atoms with E-state index in [0.29, 0.717) is 13.2 Å². The highest BCUT2D eigenvalue weighted by Gasteiger charge is 2.27. The van der Waals surface area contributed by atoms with E-state index in [0.717, 1.165) is 18.5 Å². The van der Waals surface area contributed by atoms with E-state index in [9.17, 15) is 4.79 Å². The first-order valence-corrected chi connectivity index (χ1v) is 5.46. The van der Waals surface area contributed by atoms with Crippen molar-refractivity contribution < 1.29 is 9.53 Å². The molecule has 1 saturated heterocycles. The van der Waals surface area contributed by atoms with Gasteiger partial charge in [-0.15, -0.1) is 12.4 Å². The fourth-order valence-corrected chi connectivity index (χ4v) is 1.83. The van der Waals surface area contributed by atoms with Crippen molar-refractivity contribution in [1.29, 1.82) is 0 Å². The minimum atomic E-state index is -0.142. The molecule has 1 aliphatic heterocycles. The van der Waals surface area contributed by atoms with Gasteiger partial charge in [0.15, 0.2) is 0 Å². The van der Waals surface area contributed by atoms with Crippen LogP contribution in [0.4, 0.5) is 0 Å². The van der Waals surface area contributed by atoms with E-state index >= 15 is 0 Å².